The van der Waals surface area contributed by atoms with Gasteiger partial charge in [-0.25, -0.2) is 4.68 Å². The van der Waals surface area contributed by atoms with Crippen LogP contribution in [0.5, 0.6) is 5.88 Å². The highest BCUT2D eigenvalue weighted by molar-refractivity contribution is 5.97. The Kier molecular flexibility index (Phi) is 3.76. The average Bonchev–Trinajstić information content (AvgIpc) is 2.74. The number of carbonyl (C=O) groups excluding carboxylic acids is 1. The summed E-state index contributed by atoms with van der Waals surface area (Å²) >= 11 is 0. The van der Waals surface area contributed by atoms with E-state index in [1.165, 1.54) is 30.8 Å². The van der Waals surface area contributed by atoms with Crippen molar-refractivity contribution in [1.29, 1.82) is 0 Å². The quantitative estimate of drug-likeness (QED) is 0.816. The molecule has 0 N–H and O–H groups in total. The minimum atomic E-state index is -4.40. The molecule has 2 rings (SSSR count). The van der Waals surface area contributed by atoms with Gasteiger partial charge in [-0.3, -0.25) is 4.79 Å². The predicted octanol–water partition coefficient (Wildman–Crippen LogP) is 3.41. The molecule has 0 bridgehead atoms. The highest BCUT2D eigenvalue weighted by atomic mass is 19.4. The van der Waals surface area contributed by atoms with Crippen LogP contribution in [0.3, 0.4) is 0 Å². The van der Waals surface area contributed by atoms with E-state index < -0.39 is 11.7 Å². The van der Waals surface area contributed by atoms with Crippen molar-refractivity contribution < 1.29 is 22.7 Å². The third kappa shape index (κ3) is 2.76. The summed E-state index contributed by atoms with van der Waals surface area (Å²) in [5, 5.41) is 4.15. The summed E-state index contributed by atoms with van der Waals surface area (Å²) < 4.78 is 44.1. The molecular weight excluding hydrogens is 285 g/mol. The van der Waals surface area contributed by atoms with Crippen LogP contribution < -0.4 is 4.74 Å². The van der Waals surface area contributed by atoms with Gasteiger partial charge in [0.2, 0.25) is 5.88 Å². The van der Waals surface area contributed by atoms with E-state index >= 15 is 0 Å². The van der Waals surface area contributed by atoms with Crippen molar-refractivity contribution in [2.75, 3.05) is 7.11 Å². The minimum Gasteiger partial charge on any atom is -0.480 e. The van der Waals surface area contributed by atoms with Crippen molar-refractivity contribution >= 4 is 5.78 Å². The van der Waals surface area contributed by atoms with Gasteiger partial charge in [-0.05, 0) is 38.1 Å². The van der Waals surface area contributed by atoms with Gasteiger partial charge in [-0.2, -0.15) is 18.3 Å². The van der Waals surface area contributed by atoms with Crippen LogP contribution in [0.2, 0.25) is 0 Å². The molecule has 1 heterocycles. The van der Waals surface area contributed by atoms with Gasteiger partial charge in [0.05, 0.1) is 24.1 Å². The molecule has 2 aromatic rings. The summed E-state index contributed by atoms with van der Waals surface area (Å²) in [5.74, 6) is -0.0118. The Labute approximate surface area is 119 Å². The van der Waals surface area contributed by atoms with E-state index in [0.29, 0.717) is 16.9 Å². The lowest BCUT2D eigenvalue weighted by atomic mass is 10.2. The zero-order valence-corrected chi connectivity index (χ0v) is 11.7. The van der Waals surface area contributed by atoms with Crippen LogP contribution in [-0.4, -0.2) is 22.7 Å². The number of aromatic nitrogens is 2. The van der Waals surface area contributed by atoms with Gasteiger partial charge in [-0.15, -0.1) is 0 Å². The van der Waals surface area contributed by atoms with Crippen LogP contribution in [0.25, 0.3) is 5.69 Å². The third-order valence-corrected chi connectivity index (χ3v) is 3.00. The van der Waals surface area contributed by atoms with E-state index in [-0.39, 0.29) is 11.7 Å². The standard InChI is InChI=1S/C14H13F3N2O2/c1-8-12(9(2)20)13(21-3)19(18-8)11-6-4-10(5-7-11)14(15,16)17/h4-7H,1-3H3. The first kappa shape index (κ1) is 15.1. The number of hydrogen-bond acceptors (Lipinski definition) is 3. The van der Waals surface area contributed by atoms with Gasteiger partial charge < -0.3 is 4.74 Å². The molecule has 0 aliphatic heterocycles. The summed E-state index contributed by atoms with van der Waals surface area (Å²) in [6.07, 6.45) is -4.40. The fourth-order valence-electron chi connectivity index (χ4n) is 2.07. The molecule has 0 spiro atoms. The minimum absolute atomic E-state index is 0.208. The highest BCUT2D eigenvalue weighted by Crippen LogP contribution is 2.31. The molecule has 21 heavy (non-hydrogen) atoms. The number of Topliss-reactive ketones (excluding diaryl/α,β-unsaturated/α-hetero) is 1. The van der Waals surface area contributed by atoms with Crippen molar-refractivity contribution in [3.8, 4) is 11.6 Å². The molecule has 0 aliphatic carbocycles. The van der Waals surface area contributed by atoms with E-state index in [1.54, 1.807) is 6.92 Å². The van der Waals surface area contributed by atoms with Crippen LogP contribution in [0.1, 0.15) is 28.5 Å². The van der Waals surface area contributed by atoms with E-state index in [4.69, 9.17) is 4.74 Å². The molecule has 0 atom stereocenters. The first-order chi connectivity index (χ1) is 9.75. The van der Waals surface area contributed by atoms with Gasteiger partial charge >= 0.3 is 6.18 Å². The number of ether oxygens (including phenoxy) is 1. The second-order valence-corrected chi connectivity index (χ2v) is 4.48. The number of carbonyl (C=O) groups is 1. The Morgan fingerprint density at radius 1 is 1.24 bits per heavy atom. The molecule has 0 saturated carbocycles. The molecule has 0 unspecified atom stereocenters. The van der Waals surface area contributed by atoms with Crippen molar-refractivity contribution in [3.63, 3.8) is 0 Å². The molecule has 0 aliphatic rings. The number of ketones is 1. The third-order valence-electron chi connectivity index (χ3n) is 3.00. The average molecular weight is 298 g/mol. The van der Waals surface area contributed by atoms with Crippen LogP contribution in [-0.2, 0) is 6.18 Å². The molecule has 1 aromatic carbocycles. The molecule has 4 nitrogen and oxygen atoms in total. The van der Waals surface area contributed by atoms with E-state index in [1.807, 2.05) is 0 Å². The van der Waals surface area contributed by atoms with Gasteiger partial charge in [0.15, 0.2) is 5.78 Å². The predicted molar refractivity (Wildman–Crippen MR) is 69.9 cm³/mol. The van der Waals surface area contributed by atoms with Crippen LogP contribution in [0, 0.1) is 6.92 Å². The maximum absolute atomic E-state index is 12.5. The van der Waals surface area contributed by atoms with Gasteiger partial charge in [0, 0.05) is 0 Å². The maximum atomic E-state index is 12.5. The van der Waals surface area contributed by atoms with E-state index in [9.17, 15) is 18.0 Å². The number of alkyl halides is 3. The lowest BCUT2D eigenvalue weighted by Gasteiger charge is -2.09. The lowest BCUT2D eigenvalue weighted by Crippen LogP contribution is -2.06. The van der Waals surface area contributed by atoms with E-state index in [2.05, 4.69) is 5.10 Å². The number of methoxy groups -OCH3 is 1. The van der Waals surface area contributed by atoms with Gasteiger partial charge in [0.25, 0.3) is 0 Å². The Balaban J connectivity index is 2.52. The molecular formula is C14H13F3N2O2. The van der Waals surface area contributed by atoms with Crippen molar-refractivity contribution in [1.82, 2.24) is 9.78 Å². The summed E-state index contributed by atoms with van der Waals surface area (Å²) in [5.41, 5.74) is 0.410. The highest BCUT2D eigenvalue weighted by Gasteiger charge is 2.30. The molecule has 0 amide bonds. The molecule has 1 aromatic heterocycles. The molecule has 0 radical (unpaired) electrons. The Morgan fingerprint density at radius 3 is 2.24 bits per heavy atom. The van der Waals surface area contributed by atoms with Crippen molar-refractivity contribution in [2.24, 2.45) is 0 Å². The number of hydrogen-bond donors (Lipinski definition) is 0. The second kappa shape index (κ2) is 5.23. The monoisotopic (exact) mass is 298 g/mol. The maximum Gasteiger partial charge on any atom is 0.416 e. The largest absolute Gasteiger partial charge is 0.480 e. The smallest absolute Gasteiger partial charge is 0.416 e. The van der Waals surface area contributed by atoms with Crippen LogP contribution >= 0.6 is 0 Å². The number of rotatable bonds is 3. The first-order valence-electron chi connectivity index (χ1n) is 6.08. The van der Waals surface area contributed by atoms with Crippen LogP contribution in [0.15, 0.2) is 24.3 Å². The first-order valence-corrected chi connectivity index (χ1v) is 6.08. The summed E-state index contributed by atoms with van der Waals surface area (Å²) in [6, 6.07) is 4.47. The summed E-state index contributed by atoms with van der Waals surface area (Å²) in [6.45, 7) is 3.02. The van der Waals surface area contributed by atoms with E-state index in [0.717, 1.165) is 12.1 Å². The molecule has 0 saturated heterocycles. The molecule has 112 valence electrons. The fourth-order valence-corrected chi connectivity index (χ4v) is 2.07. The number of nitrogens with zero attached hydrogens (tertiary/aromatic N) is 2. The number of benzene rings is 1. The number of halogens is 3. The molecule has 0 fully saturated rings. The zero-order valence-electron chi connectivity index (χ0n) is 11.7. The van der Waals surface area contributed by atoms with Crippen molar-refractivity contribution in [2.45, 2.75) is 20.0 Å². The topological polar surface area (TPSA) is 44.1 Å². The zero-order chi connectivity index (χ0) is 15.8. The van der Waals surface area contributed by atoms with Crippen molar-refractivity contribution in [3.05, 3.63) is 41.1 Å². The Bertz CT molecular complexity index is 673. The van der Waals surface area contributed by atoms with Gasteiger partial charge in [0.1, 0.15) is 5.56 Å². The van der Waals surface area contributed by atoms with Crippen LogP contribution in [0.4, 0.5) is 13.2 Å². The fraction of sp³-hybridized carbons (Fsp3) is 0.286. The molecule has 7 heteroatoms. The number of aryl methyl sites for hydroxylation is 1. The summed E-state index contributed by atoms with van der Waals surface area (Å²) in [7, 11) is 1.38. The Hall–Kier alpha value is -2.31. The summed E-state index contributed by atoms with van der Waals surface area (Å²) in [4.78, 5) is 11.6. The SMILES string of the molecule is COc1c(C(C)=O)c(C)nn1-c1ccc(C(F)(F)F)cc1. The lowest BCUT2D eigenvalue weighted by molar-refractivity contribution is -0.137. The second-order valence-electron chi connectivity index (χ2n) is 4.48. The Morgan fingerprint density at radius 2 is 1.81 bits per heavy atom. The normalized spacial score (nSPS) is 11.5. The van der Waals surface area contributed by atoms with Gasteiger partial charge in [-0.1, -0.05) is 0 Å².